The molecule has 3 rings (SSSR count). The van der Waals surface area contributed by atoms with Crippen LogP contribution in [0.25, 0.3) is 6.08 Å². The van der Waals surface area contributed by atoms with Crippen LogP contribution < -0.4 is 0 Å². The van der Waals surface area contributed by atoms with Gasteiger partial charge >= 0.3 is 0 Å². The number of β-amino-alcohol motifs (C(OH)–C–C–N with tert-alkyl or cyclic N) is 1. The number of hydrogen-bond acceptors (Lipinski definition) is 5. The highest BCUT2D eigenvalue weighted by Gasteiger charge is 2.24. The van der Waals surface area contributed by atoms with Gasteiger partial charge in [0.1, 0.15) is 6.61 Å². The van der Waals surface area contributed by atoms with E-state index in [-0.39, 0.29) is 12.8 Å². The van der Waals surface area contributed by atoms with E-state index in [4.69, 9.17) is 4.84 Å². The first-order valence-electron chi connectivity index (χ1n) is 8.32. The summed E-state index contributed by atoms with van der Waals surface area (Å²) in [6.45, 7) is 6.75. The zero-order chi connectivity index (χ0) is 16.1. The highest BCUT2D eigenvalue weighted by atomic mass is 16.7. The minimum atomic E-state index is -0.496. The van der Waals surface area contributed by atoms with Crippen LogP contribution in [0.2, 0.25) is 0 Å². The van der Waals surface area contributed by atoms with E-state index in [0.717, 1.165) is 24.2 Å². The van der Waals surface area contributed by atoms with Crippen LogP contribution in [0.4, 0.5) is 0 Å². The number of likely N-dealkylation sites (tertiary alicyclic amines) is 1. The van der Waals surface area contributed by atoms with E-state index in [1.807, 2.05) is 36.5 Å². The van der Waals surface area contributed by atoms with Gasteiger partial charge in [-0.15, -0.1) is 0 Å². The van der Waals surface area contributed by atoms with E-state index in [0.29, 0.717) is 6.54 Å². The molecular formula is C18H25N3O2. The lowest BCUT2D eigenvalue weighted by Gasteiger charge is -2.32. The van der Waals surface area contributed by atoms with Crippen molar-refractivity contribution < 1.29 is 9.94 Å². The summed E-state index contributed by atoms with van der Waals surface area (Å²) in [4.78, 5) is 12.3. The topological polar surface area (TPSA) is 48.3 Å². The van der Waals surface area contributed by atoms with Gasteiger partial charge in [0, 0.05) is 18.3 Å². The molecule has 0 bridgehead atoms. The standard InChI is InChI=1S/C18H25N3O2/c1-19-18-17-8-4-3-7-15(17)9-12-21(18)23-14-16(22)13-20-10-5-2-6-11-20/h3-4,7-9,12,16,18,22H,1-2,5-6,10-11,13-14H2. The summed E-state index contributed by atoms with van der Waals surface area (Å²) in [5, 5.41) is 11.9. The van der Waals surface area contributed by atoms with E-state index in [1.54, 1.807) is 5.06 Å². The molecule has 0 aliphatic carbocycles. The molecule has 124 valence electrons. The SMILES string of the molecule is C=NC1c2ccccc2C=CN1OCC(O)CN1CCCCC1. The van der Waals surface area contributed by atoms with Gasteiger partial charge in [0.05, 0.1) is 6.10 Å². The van der Waals surface area contributed by atoms with Gasteiger partial charge in [0.2, 0.25) is 0 Å². The first-order valence-corrected chi connectivity index (χ1v) is 8.32. The predicted molar refractivity (Wildman–Crippen MR) is 91.9 cm³/mol. The summed E-state index contributed by atoms with van der Waals surface area (Å²) >= 11 is 0. The van der Waals surface area contributed by atoms with E-state index >= 15 is 0 Å². The van der Waals surface area contributed by atoms with Crippen LogP contribution in [0.15, 0.2) is 35.5 Å². The summed E-state index contributed by atoms with van der Waals surface area (Å²) in [5.41, 5.74) is 2.19. The molecule has 0 radical (unpaired) electrons. The van der Waals surface area contributed by atoms with Gasteiger partial charge < -0.3 is 10.0 Å². The molecule has 0 spiro atoms. The van der Waals surface area contributed by atoms with Crippen molar-refractivity contribution in [3.8, 4) is 0 Å². The van der Waals surface area contributed by atoms with E-state index in [2.05, 4.69) is 16.6 Å². The molecule has 1 aromatic rings. The third-order valence-electron chi connectivity index (χ3n) is 4.42. The Kier molecular flexibility index (Phi) is 5.43. The van der Waals surface area contributed by atoms with E-state index in [9.17, 15) is 5.11 Å². The second kappa shape index (κ2) is 7.73. The number of aliphatic hydroxyl groups is 1. The Balaban J connectivity index is 1.54. The summed E-state index contributed by atoms with van der Waals surface area (Å²) in [5.74, 6) is 0. The number of nitrogens with zero attached hydrogens (tertiary/aromatic N) is 3. The normalized spacial score (nSPS) is 22.7. The predicted octanol–water partition coefficient (Wildman–Crippen LogP) is 2.45. The van der Waals surface area contributed by atoms with Crippen LogP contribution in [0, 0.1) is 0 Å². The molecule has 2 heterocycles. The van der Waals surface area contributed by atoms with Crippen molar-refractivity contribution in [2.75, 3.05) is 26.2 Å². The van der Waals surface area contributed by atoms with Crippen LogP contribution in [0.1, 0.15) is 36.6 Å². The number of hydroxylamine groups is 2. The third kappa shape index (κ3) is 3.99. The number of piperidine rings is 1. The number of hydrogen-bond donors (Lipinski definition) is 1. The molecule has 1 fully saturated rings. The summed E-state index contributed by atoms with van der Waals surface area (Å²) in [6.07, 6.45) is 6.84. The van der Waals surface area contributed by atoms with Crippen LogP contribution in [-0.2, 0) is 4.84 Å². The fourth-order valence-corrected chi connectivity index (χ4v) is 3.23. The summed E-state index contributed by atoms with van der Waals surface area (Å²) in [7, 11) is 0. The quantitative estimate of drug-likeness (QED) is 0.819. The van der Waals surface area contributed by atoms with Gasteiger partial charge in [-0.1, -0.05) is 30.7 Å². The highest BCUT2D eigenvalue weighted by molar-refractivity contribution is 5.57. The van der Waals surface area contributed by atoms with Gasteiger partial charge in [0.15, 0.2) is 6.17 Å². The maximum absolute atomic E-state index is 10.2. The van der Waals surface area contributed by atoms with Gasteiger partial charge in [-0.3, -0.25) is 9.83 Å². The Bertz CT molecular complexity index is 555. The van der Waals surface area contributed by atoms with E-state index in [1.165, 1.54) is 19.3 Å². The number of benzene rings is 1. The Labute approximate surface area is 137 Å². The van der Waals surface area contributed by atoms with Crippen LogP contribution in [0.5, 0.6) is 0 Å². The average Bonchev–Trinajstić information content (AvgIpc) is 2.60. The van der Waals surface area contributed by atoms with Crippen molar-refractivity contribution in [1.29, 1.82) is 0 Å². The molecule has 1 saturated heterocycles. The molecule has 0 saturated carbocycles. The number of fused-ring (bicyclic) bond motifs is 1. The smallest absolute Gasteiger partial charge is 0.170 e. The van der Waals surface area contributed by atoms with Crippen molar-refractivity contribution in [1.82, 2.24) is 9.96 Å². The van der Waals surface area contributed by atoms with Gasteiger partial charge in [-0.2, -0.15) is 0 Å². The first kappa shape index (κ1) is 16.2. The summed E-state index contributed by atoms with van der Waals surface area (Å²) < 4.78 is 0. The third-order valence-corrected chi connectivity index (χ3v) is 4.42. The monoisotopic (exact) mass is 315 g/mol. The highest BCUT2D eigenvalue weighted by Crippen LogP contribution is 2.30. The molecule has 2 atom stereocenters. The van der Waals surface area contributed by atoms with E-state index < -0.39 is 6.10 Å². The molecular weight excluding hydrogens is 290 g/mol. The minimum Gasteiger partial charge on any atom is -0.389 e. The lowest BCUT2D eigenvalue weighted by molar-refractivity contribution is -0.171. The second-order valence-corrected chi connectivity index (χ2v) is 6.17. The summed E-state index contributed by atoms with van der Waals surface area (Å²) in [6, 6.07) is 8.06. The average molecular weight is 315 g/mol. The Morgan fingerprint density at radius 1 is 1.26 bits per heavy atom. The van der Waals surface area contributed by atoms with Crippen molar-refractivity contribution in [2.45, 2.75) is 31.5 Å². The Morgan fingerprint density at radius 3 is 2.83 bits per heavy atom. The van der Waals surface area contributed by atoms with Gasteiger partial charge in [0.25, 0.3) is 0 Å². The largest absolute Gasteiger partial charge is 0.389 e. The maximum atomic E-state index is 10.2. The molecule has 2 aliphatic rings. The van der Waals surface area contributed by atoms with Crippen LogP contribution in [0.3, 0.4) is 0 Å². The zero-order valence-electron chi connectivity index (χ0n) is 13.5. The minimum absolute atomic E-state index is 0.259. The maximum Gasteiger partial charge on any atom is 0.170 e. The Morgan fingerprint density at radius 2 is 2.04 bits per heavy atom. The lowest BCUT2D eigenvalue weighted by atomic mass is 10.0. The molecule has 5 heteroatoms. The van der Waals surface area contributed by atoms with Crippen LogP contribution in [-0.4, -0.2) is 54.1 Å². The molecule has 2 aliphatic heterocycles. The number of rotatable bonds is 6. The Hall–Kier alpha value is -1.69. The number of aliphatic hydroxyl groups excluding tert-OH is 1. The lowest BCUT2D eigenvalue weighted by Crippen LogP contribution is -2.39. The van der Waals surface area contributed by atoms with Crippen molar-refractivity contribution in [3.05, 3.63) is 41.6 Å². The van der Waals surface area contributed by atoms with Gasteiger partial charge in [-0.25, -0.2) is 5.06 Å². The fraction of sp³-hybridized carbons (Fsp3) is 0.500. The molecule has 2 unspecified atom stereocenters. The van der Waals surface area contributed by atoms with Crippen molar-refractivity contribution in [3.63, 3.8) is 0 Å². The zero-order valence-corrected chi connectivity index (χ0v) is 13.5. The molecule has 5 nitrogen and oxygen atoms in total. The fourth-order valence-electron chi connectivity index (χ4n) is 3.23. The molecule has 0 aromatic heterocycles. The molecule has 0 amide bonds. The first-order chi connectivity index (χ1) is 11.3. The van der Waals surface area contributed by atoms with Gasteiger partial charge in [-0.05, 0) is 44.3 Å². The molecule has 1 N–H and O–H groups in total. The van der Waals surface area contributed by atoms with Crippen molar-refractivity contribution in [2.24, 2.45) is 4.99 Å². The van der Waals surface area contributed by atoms with Crippen LogP contribution >= 0.6 is 0 Å². The van der Waals surface area contributed by atoms with Crippen molar-refractivity contribution >= 4 is 12.8 Å². The molecule has 1 aromatic carbocycles. The molecule has 23 heavy (non-hydrogen) atoms. The number of aliphatic imine (C=N–C) groups is 1. The second-order valence-electron chi connectivity index (χ2n) is 6.17.